The van der Waals surface area contributed by atoms with Gasteiger partial charge in [0.2, 0.25) is 11.5 Å². The summed E-state index contributed by atoms with van der Waals surface area (Å²) in [6.45, 7) is 8.87. The highest BCUT2D eigenvalue weighted by molar-refractivity contribution is 5.95. The van der Waals surface area contributed by atoms with Crippen molar-refractivity contribution < 1.29 is 38.0 Å². The van der Waals surface area contributed by atoms with E-state index in [9.17, 15) is 9.59 Å². The molecule has 2 aliphatic heterocycles. The molecule has 2 heterocycles. The minimum absolute atomic E-state index is 0. The molecule has 7 rings (SSSR count). The number of halogens is 2. The lowest BCUT2D eigenvalue weighted by Crippen LogP contribution is -2.50. The molecule has 3 aliphatic rings. The first kappa shape index (κ1) is 48.2. The third-order valence-electron chi connectivity index (χ3n) is 12.6. The van der Waals surface area contributed by atoms with Crippen molar-refractivity contribution in [1.29, 1.82) is 0 Å². The maximum atomic E-state index is 13.5. The second kappa shape index (κ2) is 22.5. The molecule has 0 unspecified atom stereocenters. The molecule has 0 radical (unpaired) electrons. The SMILES string of the molecule is COc1cc(-c2ccc(C(=O)N3CCN(CC4CCC(CN5CCN(C(=O)c6ccc(-c7cc(OC)c(OC)c(OC)c7)cc6)CC5)CC4)CC3)cc2)cc(OC)c1OC.Cl.Cl. The molecule has 1 aliphatic carbocycles. The van der Waals surface area contributed by atoms with Gasteiger partial charge in [-0.25, -0.2) is 0 Å². The molecule has 2 amide bonds. The Labute approximate surface area is 379 Å². The van der Waals surface area contributed by atoms with Crippen LogP contribution in [0.3, 0.4) is 0 Å². The summed E-state index contributed by atoms with van der Waals surface area (Å²) in [5.74, 6) is 5.05. The number of hydrogen-bond donors (Lipinski definition) is 0. The van der Waals surface area contributed by atoms with Crippen LogP contribution in [0.1, 0.15) is 46.4 Å². The van der Waals surface area contributed by atoms with Crippen LogP contribution in [-0.4, -0.2) is 140 Å². The number of ether oxygens (including phenoxy) is 6. The van der Waals surface area contributed by atoms with Gasteiger partial charge in [-0.05, 0) is 108 Å². The predicted octanol–water partition coefficient (Wildman–Crippen LogP) is 7.94. The van der Waals surface area contributed by atoms with Crippen LogP contribution in [0.25, 0.3) is 22.3 Å². The number of methoxy groups -OCH3 is 6. The van der Waals surface area contributed by atoms with E-state index in [1.165, 1.54) is 25.7 Å². The van der Waals surface area contributed by atoms with E-state index in [1.807, 2.05) is 82.6 Å². The third kappa shape index (κ3) is 11.0. The molecule has 2 saturated heterocycles. The third-order valence-corrected chi connectivity index (χ3v) is 12.6. The largest absolute Gasteiger partial charge is 0.493 e. The number of piperazine rings is 2. The van der Waals surface area contributed by atoms with E-state index < -0.39 is 0 Å². The van der Waals surface area contributed by atoms with Gasteiger partial charge >= 0.3 is 0 Å². The van der Waals surface area contributed by atoms with Crippen molar-refractivity contribution in [1.82, 2.24) is 19.6 Å². The van der Waals surface area contributed by atoms with Crippen molar-refractivity contribution in [3.63, 3.8) is 0 Å². The molecule has 62 heavy (non-hydrogen) atoms. The molecule has 0 spiro atoms. The van der Waals surface area contributed by atoms with Crippen molar-refractivity contribution in [3.05, 3.63) is 83.9 Å². The number of carbonyl (C=O) groups excluding carboxylic acids is 2. The lowest BCUT2D eigenvalue weighted by molar-refractivity contribution is 0.0555. The number of nitrogens with zero attached hydrogens (tertiary/aromatic N) is 4. The summed E-state index contributed by atoms with van der Waals surface area (Å²) in [7, 11) is 9.60. The zero-order valence-corrected chi connectivity index (χ0v) is 38.5. The Bertz CT molecular complexity index is 1880. The van der Waals surface area contributed by atoms with Crippen LogP contribution in [0.4, 0.5) is 0 Å². The molecule has 0 bridgehead atoms. The van der Waals surface area contributed by atoms with Gasteiger partial charge in [-0.15, -0.1) is 24.8 Å². The molecule has 0 atom stereocenters. The topological polar surface area (TPSA) is 102 Å². The van der Waals surface area contributed by atoms with Gasteiger partial charge in [0.25, 0.3) is 11.8 Å². The molecule has 0 N–H and O–H groups in total. The van der Waals surface area contributed by atoms with Crippen LogP contribution >= 0.6 is 24.8 Å². The average Bonchev–Trinajstić information content (AvgIpc) is 3.31. The monoisotopic (exact) mass is 892 g/mol. The van der Waals surface area contributed by atoms with E-state index in [4.69, 9.17) is 28.4 Å². The van der Waals surface area contributed by atoms with E-state index in [2.05, 4.69) is 9.80 Å². The average molecular weight is 894 g/mol. The van der Waals surface area contributed by atoms with Crippen molar-refractivity contribution in [3.8, 4) is 56.8 Å². The van der Waals surface area contributed by atoms with Gasteiger partial charge in [-0.3, -0.25) is 19.4 Å². The van der Waals surface area contributed by atoms with Gasteiger partial charge in [0, 0.05) is 76.6 Å². The standard InChI is InChI=1S/C48H60N4O8.2ClH/c1-55-41-27-39(28-42(56-2)45(41)59-5)35-11-15-37(16-12-35)47(53)51-23-19-49(20-24-51)31-33-7-9-34(10-8-33)32-50-21-25-52(26-22-50)48(54)38-17-13-36(14-18-38)40-29-43(57-3)46(60-6)44(30-40)58-4;;/h11-18,27-30,33-34H,7-10,19-26,31-32H2,1-6H3;2*1H. The Morgan fingerprint density at radius 1 is 0.435 bits per heavy atom. The normalized spacial score (nSPS) is 18.2. The number of amides is 2. The van der Waals surface area contributed by atoms with Gasteiger partial charge in [-0.1, -0.05) is 24.3 Å². The fourth-order valence-corrected chi connectivity index (χ4v) is 9.07. The van der Waals surface area contributed by atoms with Crippen molar-refractivity contribution in [2.75, 3.05) is 108 Å². The molecule has 336 valence electrons. The quantitative estimate of drug-likeness (QED) is 0.124. The first-order valence-electron chi connectivity index (χ1n) is 21.1. The summed E-state index contributed by atoms with van der Waals surface area (Å²) in [4.78, 5) is 36.0. The van der Waals surface area contributed by atoms with E-state index in [1.54, 1.807) is 42.7 Å². The fraction of sp³-hybridized carbons (Fsp3) is 0.458. The molecule has 0 aromatic heterocycles. The summed E-state index contributed by atoms with van der Waals surface area (Å²) in [6, 6.07) is 23.2. The van der Waals surface area contributed by atoms with Crippen molar-refractivity contribution >= 4 is 36.6 Å². The number of benzene rings is 4. The minimum atomic E-state index is 0. The van der Waals surface area contributed by atoms with Crippen LogP contribution in [0, 0.1) is 11.8 Å². The lowest BCUT2D eigenvalue weighted by atomic mass is 9.81. The second-order valence-electron chi connectivity index (χ2n) is 16.1. The molecule has 4 aromatic rings. The maximum Gasteiger partial charge on any atom is 0.253 e. The summed E-state index contributed by atoms with van der Waals surface area (Å²) < 4.78 is 33.0. The number of carbonyl (C=O) groups is 2. The summed E-state index contributed by atoms with van der Waals surface area (Å²) >= 11 is 0. The Hall–Kier alpha value is -4.88. The maximum absolute atomic E-state index is 13.5. The van der Waals surface area contributed by atoms with Crippen molar-refractivity contribution in [2.45, 2.75) is 25.7 Å². The van der Waals surface area contributed by atoms with E-state index >= 15 is 0 Å². The molecular weight excluding hydrogens is 831 g/mol. The Balaban J connectivity index is 0.00000363. The Morgan fingerprint density at radius 3 is 0.984 bits per heavy atom. The summed E-state index contributed by atoms with van der Waals surface area (Å²) in [5.41, 5.74) is 5.18. The van der Waals surface area contributed by atoms with Gasteiger partial charge in [0.05, 0.1) is 42.7 Å². The van der Waals surface area contributed by atoms with Crippen LogP contribution in [0.2, 0.25) is 0 Å². The first-order chi connectivity index (χ1) is 29.2. The molecule has 4 aromatic carbocycles. The van der Waals surface area contributed by atoms with Gasteiger partial charge < -0.3 is 38.2 Å². The van der Waals surface area contributed by atoms with Gasteiger partial charge in [0.1, 0.15) is 0 Å². The number of hydrogen-bond acceptors (Lipinski definition) is 10. The highest BCUT2D eigenvalue weighted by atomic mass is 35.5. The zero-order valence-electron chi connectivity index (χ0n) is 36.9. The smallest absolute Gasteiger partial charge is 0.253 e. The lowest BCUT2D eigenvalue weighted by Gasteiger charge is -2.40. The van der Waals surface area contributed by atoms with Crippen LogP contribution in [0.15, 0.2) is 72.8 Å². The minimum Gasteiger partial charge on any atom is -0.493 e. The van der Waals surface area contributed by atoms with Crippen LogP contribution < -0.4 is 28.4 Å². The fourth-order valence-electron chi connectivity index (χ4n) is 9.07. The first-order valence-corrected chi connectivity index (χ1v) is 21.1. The van der Waals surface area contributed by atoms with Gasteiger partial charge in [-0.2, -0.15) is 0 Å². The predicted molar refractivity (Wildman–Crippen MR) is 248 cm³/mol. The highest BCUT2D eigenvalue weighted by Crippen LogP contribution is 2.42. The van der Waals surface area contributed by atoms with E-state index in [0.29, 0.717) is 57.5 Å². The molecule has 14 heteroatoms. The molecule has 12 nitrogen and oxygen atoms in total. The van der Waals surface area contributed by atoms with Crippen molar-refractivity contribution in [2.24, 2.45) is 11.8 Å². The highest BCUT2D eigenvalue weighted by Gasteiger charge is 2.29. The molecule has 3 fully saturated rings. The Kier molecular flexibility index (Phi) is 17.4. The molecular formula is C48H62Cl2N4O8. The number of rotatable bonds is 14. The zero-order chi connectivity index (χ0) is 42.2. The van der Waals surface area contributed by atoms with Crippen LogP contribution in [-0.2, 0) is 0 Å². The Morgan fingerprint density at radius 2 is 0.726 bits per heavy atom. The summed E-state index contributed by atoms with van der Waals surface area (Å²) in [6.07, 6.45) is 5.03. The molecule has 1 saturated carbocycles. The van der Waals surface area contributed by atoms with Gasteiger partial charge in [0.15, 0.2) is 23.0 Å². The van der Waals surface area contributed by atoms with E-state index in [0.717, 1.165) is 87.7 Å². The van der Waals surface area contributed by atoms with E-state index in [-0.39, 0.29) is 36.6 Å². The van der Waals surface area contributed by atoms with Crippen LogP contribution in [0.5, 0.6) is 34.5 Å². The second-order valence-corrected chi connectivity index (χ2v) is 16.1. The summed E-state index contributed by atoms with van der Waals surface area (Å²) in [5, 5.41) is 0.